The molecule has 0 saturated carbocycles. The molecule has 0 spiro atoms. The van der Waals surface area contributed by atoms with Crippen molar-refractivity contribution in [2.24, 2.45) is 0 Å². The van der Waals surface area contributed by atoms with Gasteiger partial charge in [0.05, 0.1) is 5.75 Å². The predicted molar refractivity (Wildman–Crippen MR) is 27.9 cm³/mol. The number of hydrogen-bond acceptors (Lipinski definition) is 2. The summed E-state index contributed by atoms with van der Waals surface area (Å²) in [7, 11) is -3.29. The van der Waals surface area contributed by atoms with Crippen LogP contribution >= 0.6 is 0 Å². The van der Waals surface area contributed by atoms with Gasteiger partial charge >= 0.3 is 0 Å². The molecule has 0 aromatic heterocycles. The first-order valence-electron chi connectivity index (χ1n) is 2.48. The Labute approximate surface area is 47.6 Å². The summed E-state index contributed by atoms with van der Waals surface area (Å²) in [5, 5.41) is 0. The molecule has 2 nitrogen and oxygen atoms in total. The van der Waals surface area contributed by atoms with E-state index < -0.39 is 15.3 Å². The lowest BCUT2D eigenvalue weighted by Gasteiger charge is -1.92. The van der Waals surface area contributed by atoms with Crippen LogP contribution in [0.5, 0.6) is 0 Å². The molecule has 1 fully saturated rings. The third-order valence-electron chi connectivity index (χ3n) is 1.25. The summed E-state index contributed by atoms with van der Waals surface area (Å²) in [6.07, 6.45) is 0.686. The van der Waals surface area contributed by atoms with Crippen molar-refractivity contribution in [3.05, 3.63) is 0 Å². The van der Waals surface area contributed by atoms with Gasteiger partial charge in [-0.3, -0.25) is 0 Å². The Morgan fingerprint density at radius 3 is 2.25 bits per heavy atom. The van der Waals surface area contributed by atoms with Crippen LogP contribution in [0.2, 0.25) is 0 Å². The van der Waals surface area contributed by atoms with E-state index in [1.54, 1.807) is 0 Å². The van der Waals surface area contributed by atoms with Gasteiger partial charge in [0.15, 0.2) is 9.84 Å². The molecule has 0 unspecified atom stereocenters. The summed E-state index contributed by atoms with van der Waals surface area (Å²) < 4.78 is 32.9. The molecular formula is C4H7FO2S. The van der Waals surface area contributed by atoms with Crippen LogP contribution in [0.25, 0.3) is 0 Å². The number of halogens is 1. The van der Waals surface area contributed by atoms with Crippen LogP contribution in [0.3, 0.4) is 0 Å². The molecule has 0 aromatic carbocycles. The fraction of sp³-hybridized carbons (Fsp3) is 1.00. The van der Waals surface area contributed by atoms with E-state index in [9.17, 15) is 12.8 Å². The summed E-state index contributed by atoms with van der Waals surface area (Å²) >= 11 is 0. The highest BCUT2D eigenvalue weighted by Gasteiger charge is 2.30. The second-order valence-electron chi connectivity index (χ2n) is 1.92. The molecule has 1 aliphatic heterocycles. The van der Waals surface area contributed by atoms with E-state index in [4.69, 9.17) is 0 Å². The first-order chi connectivity index (χ1) is 3.63. The van der Waals surface area contributed by atoms with E-state index in [2.05, 4.69) is 0 Å². The van der Waals surface area contributed by atoms with E-state index in [-0.39, 0.29) is 12.2 Å². The summed E-state index contributed by atoms with van der Waals surface area (Å²) in [6.45, 7) is 0. The van der Waals surface area contributed by atoms with Crippen LogP contribution in [-0.4, -0.2) is 19.7 Å². The average Bonchev–Trinajstić information content (AvgIpc) is 1.86. The zero-order valence-corrected chi connectivity index (χ0v) is 5.12. The Bertz CT molecular complexity index is 172. The average molecular weight is 138 g/mol. The summed E-state index contributed by atoms with van der Waals surface area (Å²) in [6, 6.07) is 0. The molecule has 8 heavy (non-hydrogen) atoms. The van der Waals surface area contributed by atoms with Gasteiger partial charge in [-0.1, -0.05) is 0 Å². The maximum atomic E-state index is 12.1. The molecule has 4 heteroatoms. The molecule has 1 saturated heterocycles. The second-order valence-corrected chi connectivity index (χ2v) is 4.16. The van der Waals surface area contributed by atoms with Crippen LogP contribution in [0.1, 0.15) is 12.8 Å². The van der Waals surface area contributed by atoms with E-state index in [0.29, 0.717) is 6.42 Å². The van der Waals surface area contributed by atoms with Gasteiger partial charge in [0.2, 0.25) is 5.50 Å². The SMILES string of the molecule is O=S1(=O)CCC[C@H]1F. The summed E-state index contributed by atoms with van der Waals surface area (Å²) in [4.78, 5) is 0. The monoisotopic (exact) mass is 138 g/mol. The minimum atomic E-state index is -3.29. The third kappa shape index (κ3) is 0.844. The minimum Gasteiger partial charge on any atom is -0.230 e. The zero-order chi connectivity index (χ0) is 6.20. The van der Waals surface area contributed by atoms with Gasteiger partial charge in [0.25, 0.3) is 0 Å². The van der Waals surface area contributed by atoms with Gasteiger partial charge < -0.3 is 0 Å². The topological polar surface area (TPSA) is 34.1 Å². The molecule has 0 radical (unpaired) electrons. The van der Waals surface area contributed by atoms with Crippen LogP contribution in [-0.2, 0) is 9.84 Å². The standard InChI is InChI=1S/C4H7FO2S/c5-4-2-1-3-8(4,6)7/h4H,1-3H2/t4-/m0/s1. The maximum absolute atomic E-state index is 12.1. The van der Waals surface area contributed by atoms with Crippen LogP contribution in [0, 0.1) is 0 Å². The molecule has 0 amide bonds. The molecule has 1 rings (SSSR count). The smallest absolute Gasteiger partial charge is 0.200 e. The van der Waals surface area contributed by atoms with Crippen molar-refractivity contribution >= 4 is 9.84 Å². The van der Waals surface area contributed by atoms with Gasteiger partial charge in [0.1, 0.15) is 0 Å². The second kappa shape index (κ2) is 1.69. The van der Waals surface area contributed by atoms with Gasteiger partial charge in [0, 0.05) is 0 Å². The van der Waals surface area contributed by atoms with Gasteiger partial charge in [-0.2, -0.15) is 0 Å². The van der Waals surface area contributed by atoms with Gasteiger partial charge in [-0.15, -0.1) is 0 Å². The Morgan fingerprint density at radius 2 is 2.12 bits per heavy atom. The van der Waals surface area contributed by atoms with Crippen molar-refractivity contribution in [3.8, 4) is 0 Å². The minimum absolute atomic E-state index is 0.0359. The molecule has 0 bridgehead atoms. The zero-order valence-electron chi connectivity index (χ0n) is 4.30. The van der Waals surface area contributed by atoms with Crippen molar-refractivity contribution in [1.82, 2.24) is 0 Å². The number of rotatable bonds is 0. The molecule has 0 aromatic rings. The molecular weight excluding hydrogens is 131 g/mol. The number of sulfone groups is 1. The van der Waals surface area contributed by atoms with Crippen molar-refractivity contribution in [1.29, 1.82) is 0 Å². The fourth-order valence-corrected chi connectivity index (χ4v) is 2.10. The highest BCUT2D eigenvalue weighted by atomic mass is 32.2. The molecule has 1 atom stereocenters. The van der Waals surface area contributed by atoms with Crippen molar-refractivity contribution in [2.75, 3.05) is 5.75 Å². The van der Waals surface area contributed by atoms with E-state index in [1.807, 2.05) is 0 Å². The maximum Gasteiger partial charge on any atom is 0.200 e. The normalized spacial score (nSPS) is 35.4. The van der Waals surface area contributed by atoms with E-state index in [1.165, 1.54) is 0 Å². The van der Waals surface area contributed by atoms with Crippen LogP contribution in [0.15, 0.2) is 0 Å². The third-order valence-corrected chi connectivity index (χ3v) is 3.12. The Balaban J connectivity index is 2.85. The molecule has 0 aliphatic carbocycles. The Kier molecular flexibility index (Phi) is 1.27. The molecule has 0 N–H and O–H groups in total. The van der Waals surface area contributed by atoms with Crippen LogP contribution in [0.4, 0.5) is 4.39 Å². The fourth-order valence-electron chi connectivity index (χ4n) is 0.752. The largest absolute Gasteiger partial charge is 0.230 e. The first kappa shape index (κ1) is 6.01. The van der Waals surface area contributed by atoms with E-state index >= 15 is 0 Å². The lowest BCUT2D eigenvalue weighted by Crippen LogP contribution is -2.08. The summed E-state index contributed by atoms with van der Waals surface area (Å²) in [5.74, 6) is 0.0359. The molecule has 1 aliphatic rings. The predicted octanol–water partition coefficient (Wildman–Crippen LogP) is 0.491. The van der Waals surface area contributed by atoms with Gasteiger partial charge in [-0.05, 0) is 12.8 Å². The lowest BCUT2D eigenvalue weighted by molar-refractivity contribution is 0.418. The highest BCUT2D eigenvalue weighted by Crippen LogP contribution is 2.19. The number of hydrogen-bond donors (Lipinski definition) is 0. The quantitative estimate of drug-likeness (QED) is 0.488. The first-order valence-corrected chi connectivity index (χ1v) is 4.20. The number of alkyl halides is 1. The molecule has 1 heterocycles. The van der Waals surface area contributed by atoms with Crippen molar-refractivity contribution < 1.29 is 12.8 Å². The summed E-state index contributed by atoms with van der Waals surface area (Å²) in [5.41, 5.74) is -1.57. The van der Waals surface area contributed by atoms with Crippen LogP contribution < -0.4 is 0 Å². The van der Waals surface area contributed by atoms with Gasteiger partial charge in [-0.25, -0.2) is 12.8 Å². The highest BCUT2D eigenvalue weighted by molar-refractivity contribution is 7.92. The van der Waals surface area contributed by atoms with E-state index in [0.717, 1.165) is 0 Å². The lowest BCUT2D eigenvalue weighted by atomic mass is 10.4. The Morgan fingerprint density at radius 1 is 1.50 bits per heavy atom. The molecule has 48 valence electrons. The van der Waals surface area contributed by atoms with Crippen molar-refractivity contribution in [3.63, 3.8) is 0 Å². The van der Waals surface area contributed by atoms with Crippen molar-refractivity contribution in [2.45, 2.75) is 18.3 Å². The Hall–Kier alpha value is -0.120.